The van der Waals surface area contributed by atoms with E-state index in [1.165, 1.54) is 0 Å². The number of nitrogens with one attached hydrogen (secondary N) is 2. The molecule has 0 radical (unpaired) electrons. The van der Waals surface area contributed by atoms with Crippen molar-refractivity contribution >= 4 is 6.03 Å². The molecular formula is C18H28N2O3. The molecule has 0 aromatic heterocycles. The number of aryl methyl sites for hydroxylation is 1. The van der Waals surface area contributed by atoms with Gasteiger partial charge in [0.1, 0.15) is 5.75 Å². The van der Waals surface area contributed by atoms with Crippen molar-refractivity contribution in [3.63, 3.8) is 0 Å². The van der Waals surface area contributed by atoms with Gasteiger partial charge in [0.15, 0.2) is 0 Å². The van der Waals surface area contributed by atoms with Gasteiger partial charge in [0.25, 0.3) is 0 Å². The monoisotopic (exact) mass is 320 g/mol. The number of hydrogen-bond acceptors (Lipinski definition) is 3. The molecule has 23 heavy (non-hydrogen) atoms. The second-order valence-electron chi connectivity index (χ2n) is 6.67. The fourth-order valence-corrected chi connectivity index (χ4v) is 2.88. The molecular weight excluding hydrogens is 292 g/mol. The van der Waals surface area contributed by atoms with Crippen LogP contribution >= 0.6 is 0 Å². The Morgan fingerprint density at radius 2 is 2.13 bits per heavy atom. The number of carbonyl (C=O) groups excluding carboxylic acids is 1. The van der Waals surface area contributed by atoms with Crippen LogP contribution in [0.25, 0.3) is 0 Å². The minimum Gasteiger partial charge on any atom is -0.491 e. The van der Waals surface area contributed by atoms with Crippen molar-refractivity contribution in [2.24, 2.45) is 5.92 Å². The van der Waals surface area contributed by atoms with E-state index in [4.69, 9.17) is 4.74 Å². The van der Waals surface area contributed by atoms with Crippen LogP contribution in [-0.4, -0.2) is 29.9 Å². The van der Waals surface area contributed by atoms with E-state index < -0.39 is 0 Å². The number of benzene rings is 1. The molecule has 0 saturated heterocycles. The Morgan fingerprint density at radius 3 is 2.78 bits per heavy atom. The van der Waals surface area contributed by atoms with Gasteiger partial charge < -0.3 is 20.5 Å². The zero-order valence-electron chi connectivity index (χ0n) is 14.3. The Hall–Kier alpha value is -1.75. The summed E-state index contributed by atoms with van der Waals surface area (Å²) < 4.78 is 5.81. The first-order valence-electron chi connectivity index (χ1n) is 8.40. The summed E-state index contributed by atoms with van der Waals surface area (Å²) >= 11 is 0. The van der Waals surface area contributed by atoms with E-state index in [1.807, 2.05) is 39.0 Å². The maximum Gasteiger partial charge on any atom is 0.315 e. The van der Waals surface area contributed by atoms with E-state index >= 15 is 0 Å². The minimum atomic E-state index is -0.201. The smallest absolute Gasteiger partial charge is 0.315 e. The first kappa shape index (κ1) is 17.6. The van der Waals surface area contributed by atoms with Crippen LogP contribution in [0.1, 0.15) is 44.2 Å². The number of urea groups is 1. The number of aliphatic hydroxyl groups excluding tert-OH is 1. The number of amides is 2. The molecule has 1 aromatic rings. The molecule has 2 atom stereocenters. The lowest BCUT2D eigenvalue weighted by Gasteiger charge is -2.16. The SMILES string of the molecule is Cc1ccc(CNC(=O)NC[C@H]2CC[C@@H](O)C2)c(OC(C)C)c1. The van der Waals surface area contributed by atoms with Gasteiger partial charge in [-0.15, -0.1) is 0 Å². The number of carbonyl (C=O) groups is 1. The van der Waals surface area contributed by atoms with E-state index in [0.717, 1.165) is 36.1 Å². The third kappa shape index (κ3) is 5.75. The Morgan fingerprint density at radius 1 is 1.35 bits per heavy atom. The van der Waals surface area contributed by atoms with Crippen molar-refractivity contribution in [3.8, 4) is 5.75 Å². The van der Waals surface area contributed by atoms with Crippen LogP contribution in [-0.2, 0) is 6.54 Å². The Labute approximate surface area is 138 Å². The van der Waals surface area contributed by atoms with Crippen LogP contribution in [0.4, 0.5) is 4.79 Å². The third-order valence-corrected chi connectivity index (χ3v) is 4.09. The highest BCUT2D eigenvalue weighted by atomic mass is 16.5. The van der Waals surface area contributed by atoms with Crippen molar-refractivity contribution < 1.29 is 14.6 Å². The van der Waals surface area contributed by atoms with Crippen molar-refractivity contribution in [2.45, 2.75) is 58.8 Å². The zero-order chi connectivity index (χ0) is 16.8. The largest absolute Gasteiger partial charge is 0.491 e. The molecule has 2 rings (SSSR count). The van der Waals surface area contributed by atoms with Crippen LogP contribution in [0.15, 0.2) is 18.2 Å². The fourth-order valence-electron chi connectivity index (χ4n) is 2.88. The highest BCUT2D eigenvalue weighted by molar-refractivity contribution is 5.73. The van der Waals surface area contributed by atoms with E-state index in [1.54, 1.807) is 0 Å². The lowest BCUT2D eigenvalue weighted by molar-refractivity contribution is 0.177. The summed E-state index contributed by atoms with van der Waals surface area (Å²) in [5.74, 6) is 1.20. The van der Waals surface area contributed by atoms with Gasteiger partial charge in [-0.05, 0) is 57.6 Å². The summed E-state index contributed by atoms with van der Waals surface area (Å²) in [7, 11) is 0. The van der Waals surface area contributed by atoms with Gasteiger partial charge in [-0.25, -0.2) is 4.79 Å². The van der Waals surface area contributed by atoms with Crippen LogP contribution in [0.2, 0.25) is 0 Å². The molecule has 3 N–H and O–H groups in total. The number of rotatable bonds is 6. The van der Waals surface area contributed by atoms with Crippen molar-refractivity contribution in [1.82, 2.24) is 10.6 Å². The van der Waals surface area contributed by atoms with E-state index in [9.17, 15) is 9.90 Å². The van der Waals surface area contributed by atoms with Crippen LogP contribution < -0.4 is 15.4 Å². The first-order chi connectivity index (χ1) is 10.9. The van der Waals surface area contributed by atoms with Crippen molar-refractivity contribution in [1.29, 1.82) is 0 Å². The summed E-state index contributed by atoms with van der Waals surface area (Å²) in [6.45, 7) is 7.05. The Kier molecular flexibility index (Phi) is 6.28. The molecule has 0 aliphatic heterocycles. The number of aliphatic hydroxyl groups is 1. The second kappa shape index (κ2) is 8.20. The molecule has 1 aromatic carbocycles. The highest BCUT2D eigenvalue weighted by Gasteiger charge is 2.22. The molecule has 2 amide bonds. The molecule has 1 aliphatic rings. The van der Waals surface area contributed by atoms with Crippen molar-refractivity contribution in [2.75, 3.05) is 6.54 Å². The van der Waals surface area contributed by atoms with E-state index in [-0.39, 0.29) is 18.2 Å². The highest BCUT2D eigenvalue weighted by Crippen LogP contribution is 2.24. The first-order valence-corrected chi connectivity index (χ1v) is 8.40. The molecule has 1 saturated carbocycles. The lowest BCUT2D eigenvalue weighted by Crippen LogP contribution is -2.37. The molecule has 5 heteroatoms. The van der Waals surface area contributed by atoms with E-state index in [2.05, 4.69) is 10.6 Å². The molecule has 0 unspecified atom stereocenters. The quantitative estimate of drug-likeness (QED) is 0.755. The summed E-state index contributed by atoms with van der Waals surface area (Å²) in [5, 5.41) is 15.3. The normalized spacial score (nSPS) is 20.6. The molecule has 1 aliphatic carbocycles. The van der Waals surface area contributed by atoms with Gasteiger partial charge in [0.05, 0.1) is 12.2 Å². The second-order valence-corrected chi connectivity index (χ2v) is 6.67. The van der Waals surface area contributed by atoms with Crippen LogP contribution in [0.5, 0.6) is 5.75 Å². The third-order valence-electron chi connectivity index (χ3n) is 4.09. The minimum absolute atomic E-state index is 0.0955. The standard InChI is InChI=1S/C18H28N2O3/c1-12(2)23-17-8-13(3)4-6-15(17)11-20-18(22)19-10-14-5-7-16(21)9-14/h4,6,8,12,14,16,21H,5,7,9-11H2,1-3H3,(H2,19,20,22)/t14-,16+/m0/s1. The van der Waals surface area contributed by atoms with Gasteiger partial charge in [0, 0.05) is 18.7 Å². The van der Waals surface area contributed by atoms with Crippen LogP contribution in [0.3, 0.4) is 0 Å². The van der Waals surface area contributed by atoms with E-state index in [0.29, 0.717) is 19.0 Å². The van der Waals surface area contributed by atoms with Crippen LogP contribution in [0, 0.1) is 12.8 Å². The van der Waals surface area contributed by atoms with Gasteiger partial charge in [-0.1, -0.05) is 12.1 Å². The summed E-state index contributed by atoms with van der Waals surface area (Å²) in [6.07, 6.45) is 2.50. The molecule has 0 heterocycles. The molecule has 1 fully saturated rings. The molecule has 0 bridgehead atoms. The Balaban J connectivity index is 1.81. The predicted molar refractivity (Wildman–Crippen MR) is 90.5 cm³/mol. The molecule has 128 valence electrons. The number of hydrogen-bond donors (Lipinski definition) is 3. The predicted octanol–water partition coefficient (Wildman–Crippen LogP) is 2.74. The fraction of sp³-hybridized carbons (Fsp3) is 0.611. The molecule has 0 spiro atoms. The topological polar surface area (TPSA) is 70.6 Å². The maximum atomic E-state index is 11.9. The van der Waals surface area contributed by atoms with Gasteiger partial charge in [-0.2, -0.15) is 0 Å². The van der Waals surface area contributed by atoms with Gasteiger partial charge in [0.2, 0.25) is 0 Å². The average molecular weight is 320 g/mol. The van der Waals surface area contributed by atoms with Gasteiger partial charge in [-0.3, -0.25) is 0 Å². The number of ether oxygens (including phenoxy) is 1. The maximum absolute atomic E-state index is 11.9. The summed E-state index contributed by atoms with van der Waals surface area (Å²) in [4.78, 5) is 11.9. The average Bonchev–Trinajstić information content (AvgIpc) is 2.89. The lowest BCUT2D eigenvalue weighted by atomic mass is 10.1. The summed E-state index contributed by atoms with van der Waals surface area (Å²) in [6, 6.07) is 5.82. The Bertz CT molecular complexity index is 531. The molecule has 5 nitrogen and oxygen atoms in total. The van der Waals surface area contributed by atoms with Gasteiger partial charge >= 0.3 is 6.03 Å². The summed E-state index contributed by atoms with van der Waals surface area (Å²) in [5.41, 5.74) is 2.10. The zero-order valence-corrected chi connectivity index (χ0v) is 14.3. The van der Waals surface area contributed by atoms with Crippen molar-refractivity contribution in [3.05, 3.63) is 29.3 Å².